The maximum absolute atomic E-state index is 12.1. The Hall–Kier alpha value is -1.69. The minimum absolute atomic E-state index is 0.0529. The number of carbonyl (C=O) groups excluding carboxylic acids is 1. The van der Waals surface area contributed by atoms with Crippen LogP contribution in [0.5, 0.6) is 5.75 Å². The number of rotatable bonds is 5. The number of amides is 1. The van der Waals surface area contributed by atoms with Gasteiger partial charge in [-0.25, -0.2) is 0 Å². The summed E-state index contributed by atoms with van der Waals surface area (Å²) in [4.78, 5) is 13.7. The summed E-state index contributed by atoms with van der Waals surface area (Å²) >= 11 is 0. The zero-order valence-corrected chi connectivity index (χ0v) is 11.5. The first-order valence-corrected chi connectivity index (χ1v) is 7.00. The Morgan fingerprint density at radius 3 is 2.48 bits per heavy atom. The maximum Gasteiger partial charge on any atom is 0.387 e. The summed E-state index contributed by atoms with van der Waals surface area (Å²) in [7, 11) is 0. The first-order chi connectivity index (χ1) is 9.96. The molecule has 2 aliphatic rings. The van der Waals surface area contributed by atoms with Crippen molar-refractivity contribution in [2.24, 2.45) is 5.92 Å². The second-order valence-corrected chi connectivity index (χ2v) is 5.83. The summed E-state index contributed by atoms with van der Waals surface area (Å²) in [5.41, 5.74) is 0.0634. The Morgan fingerprint density at radius 1 is 1.33 bits per heavy atom. The molecule has 1 saturated carbocycles. The molecule has 3 rings (SSSR count). The van der Waals surface area contributed by atoms with E-state index in [2.05, 4.69) is 4.74 Å². The molecule has 21 heavy (non-hydrogen) atoms. The van der Waals surface area contributed by atoms with E-state index in [1.807, 2.05) is 0 Å². The molecule has 0 atom stereocenters. The molecule has 1 aliphatic carbocycles. The zero-order chi connectivity index (χ0) is 15.0. The van der Waals surface area contributed by atoms with Crippen molar-refractivity contribution in [1.82, 2.24) is 4.90 Å². The number of hydrogen-bond acceptors (Lipinski definition) is 3. The number of β-amino-alcohol motifs (C(OH)–C–C–N with tert-alkyl or cyclic N) is 1. The molecule has 1 aromatic rings. The van der Waals surface area contributed by atoms with E-state index in [4.69, 9.17) is 0 Å². The normalized spacial score (nSPS) is 20.3. The monoisotopic (exact) mass is 297 g/mol. The summed E-state index contributed by atoms with van der Waals surface area (Å²) < 4.78 is 28.3. The van der Waals surface area contributed by atoms with Gasteiger partial charge >= 0.3 is 6.61 Å². The second kappa shape index (κ2) is 5.26. The predicted octanol–water partition coefficient (Wildman–Crippen LogP) is 1.81. The van der Waals surface area contributed by atoms with E-state index in [0.29, 0.717) is 19.0 Å². The van der Waals surface area contributed by atoms with Crippen molar-refractivity contribution >= 4 is 5.91 Å². The molecule has 1 N–H and O–H groups in total. The van der Waals surface area contributed by atoms with E-state index in [1.54, 1.807) is 17.0 Å². The third kappa shape index (κ3) is 3.15. The molecule has 1 saturated heterocycles. The number of halogens is 2. The summed E-state index contributed by atoms with van der Waals surface area (Å²) in [5, 5.41) is 10.2. The fraction of sp³-hybridized carbons (Fsp3) is 0.533. The smallest absolute Gasteiger partial charge is 0.387 e. The van der Waals surface area contributed by atoms with Crippen LogP contribution in [0, 0.1) is 5.92 Å². The lowest BCUT2D eigenvalue weighted by atomic mass is 9.88. The maximum atomic E-state index is 12.1. The molecule has 1 aliphatic heterocycles. The molecule has 0 aromatic heterocycles. The lowest BCUT2D eigenvalue weighted by Gasteiger charge is -2.47. The fourth-order valence-corrected chi connectivity index (χ4v) is 2.75. The van der Waals surface area contributed by atoms with Crippen molar-refractivity contribution in [1.29, 1.82) is 0 Å². The SMILES string of the molecule is O=C(Cc1ccc(OC(F)F)cc1)N1CC(O)(C2CC2)C1. The highest BCUT2D eigenvalue weighted by Gasteiger charge is 2.53. The Kier molecular flexibility index (Phi) is 3.57. The largest absolute Gasteiger partial charge is 0.435 e. The van der Waals surface area contributed by atoms with Gasteiger partial charge in [-0.2, -0.15) is 8.78 Å². The van der Waals surface area contributed by atoms with Crippen LogP contribution in [0.15, 0.2) is 24.3 Å². The molecular weight excluding hydrogens is 280 g/mol. The Morgan fingerprint density at radius 2 is 1.95 bits per heavy atom. The summed E-state index contributed by atoms with van der Waals surface area (Å²) in [6, 6.07) is 6.04. The molecule has 4 nitrogen and oxygen atoms in total. The van der Waals surface area contributed by atoms with Gasteiger partial charge in [-0.3, -0.25) is 4.79 Å². The van der Waals surface area contributed by atoms with E-state index >= 15 is 0 Å². The van der Waals surface area contributed by atoms with Crippen molar-refractivity contribution in [3.05, 3.63) is 29.8 Å². The highest BCUT2D eigenvalue weighted by atomic mass is 19.3. The highest BCUT2D eigenvalue weighted by Crippen LogP contribution is 2.44. The molecule has 1 amide bonds. The first kappa shape index (κ1) is 14.3. The van der Waals surface area contributed by atoms with Gasteiger partial charge < -0.3 is 14.7 Å². The van der Waals surface area contributed by atoms with Crippen molar-refractivity contribution < 1.29 is 23.4 Å². The van der Waals surface area contributed by atoms with Crippen LogP contribution in [0.3, 0.4) is 0 Å². The number of ether oxygens (including phenoxy) is 1. The molecule has 6 heteroatoms. The van der Waals surface area contributed by atoms with E-state index < -0.39 is 12.2 Å². The van der Waals surface area contributed by atoms with Crippen molar-refractivity contribution in [2.45, 2.75) is 31.5 Å². The number of alkyl halides is 2. The summed E-state index contributed by atoms with van der Waals surface area (Å²) in [6.07, 6.45) is 2.30. The van der Waals surface area contributed by atoms with Gasteiger partial charge in [0, 0.05) is 0 Å². The molecule has 2 fully saturated rings. The van der Waals surface area contributed by atoms with Gasteiger partial charge in [0.05, 0.1) is 19.5 Å². The summed E-state index contributed by atoms with van der Waals surface area (Å²) in [5.74, 6) is 0.378. The molecule has 0 radical (unpaired) electrons. The van der Waals surface area contributed by atoms with E-state index in [-0.39, 0.29) is 18.1 Å². The molecule has 0 bridgehead atoms. The van der Waals surface area contributed by atoms with Crippen LogP contribution in [-0.2, 0) is 11.2 Å². The fourth-order valence-electron chi connectivity index (χ4n) is 2.75. The number of aliphatic hydroxyl groups is 1. The minimum Gasteiger partial charge on any atom is -0.435 e. The highest BCUT2D eigenvalue weighted by molar-refractivity contribution is 5.80. The Bertz CT molecular complexity index is 522. The molecule has 1 heterocycles. The number of nitrogens with zero attached hydrogens (tertiary/aromatic N) is 1. The van der Waals surface area contributed by atoms with E-state index in [0.717, 1.165) is 18.4 Å². The standard InChI is InChI=1S/C15H17F2NO3/c16-14(17)21-12-5-1-10(2-6-12)7-13(19)18-8-15(20,9-18)11-3-4-11/h1-2,5-6,11,14,20H,3-4,7-9H2. The molecule has 1 aromatic carbocycles. The average Bonchev–Trinajstić information content (AvgIpc) is 3.21. The Labute approximate surface area is 121 Å². The lowest BCUT2D eigenvalue weighted by molar-refractivity contribution is -0.158. The van der Waals surface area contributed by atoms with Gasteiger partial charge in [0.2, 0.25) is 5.91 Å². The van der Waals surface area contributed by atoms with Crippen LogP contribution in [0.4, 0.5) is 8.78 Å². The van der Waals surface area contributed by atoms with Crippen molar-refractivity contribution in [3.8, 4) is 5.75 Å². The summed E-state index contributed by atoms with van der Waals surface area (Å²) in [6.45, 7) is -2.04. The van der Waals surface area contributed by atoms with Gasteiger partial charge in [0.25, 0.3) is 0 Å². The average molecular weight is 297 g/mol. The lowest BCUT2D eigenvalue weighted by Crippen LogP contribution is -2.65. The van der Waals surface area contributed by atoms with Gasteiger partial charge in [0.1, 0.15) is 11.4 Å². The number of benzene rings is 1. The van der Waals surface area contributed by atoms with Gasteiger partial charge in [-0.05, 0) is 36.5 Å². The third-order valence-corrected chi connectivity index (χ3v) is 4.12. The van der Waals surface area contributed by atoms with E-state index in [1.165, 1.54) is 12.1 Å². The van der Waals surface area contributed by atoms with Crippen molar-refractivity contribution in [3.63, 3.8) is 0 Å². The first-order valence-electron chi connectivity index (χ1n) is 7.00. The molecular formula is C15H17F2NO3. The molecule has 0 spiro atoms. The molecule has 114 valence electrons. The Balaban J connectivity index is 1.51. The van der Waals surface area contributed by atoms with Gasteiger partial charge in [0.15, 0.2) is 0 Å². The number of likely N-dealkylation sites (tertiary alicyclic amines) is 1. The van der Waals surface area contributed by atoms with Gasteiger partial charge in [-0.15, -0.1) is 0 Å². The van der Waals surface area contributed by atoms with Crippen LogP contribution >= 0.6 is 0 Å². The second-order valence-electron chi connectivity index (χ2n) is 5.83. The van der Waals surface area contributed by atoms with Crippen LogP contribution < -0.4 is 4.74 Å². The number of hydrogen-bond donors (Lipinski definition) is 1. The van der Waals surface area contributed by atoms with Crippen LogP contribution in [-0.4, -0.2) is 41.2 Å². The van der Waals surface area contributed by atoms with E-state index in [9.17, 15) is 18.7 Å². The van der Waals surface area contributed by atoms with Crippen LogP contribution in [0.1, 0.15) is 18.4 Å². The van der Waals surface area contributed by atoms with Crippen molar-refractivity contribution in [2.75, 3.05) is 13.1 Å². The van der Waals surface area contributed by atoms with Crippen LogP contribution in [0.2, 0.25) is 0 Å². The quantitative estimate of drug-likeness (QED) is 0.902. The minimum atomic E-state index is -2.85. The third-order valence-electron chi connectivity index (χ3n) is 4.12. The van der Waals surface area contributed by atoms with Crippen LogP contribution in [0.25, 0.3) is 0 Å². The predicted molar refractivity (Wildman–Crippen MR) is 71.0 cm³/mol. The molecule has 0 unspecified atom stereocenters. The topological polar surface area (TPSA) is 49.8 Å². The zero-order valence-electron chi connectivity index (χ0n) is 11.5. The number of carbonyl (C=O) groups is 1. The van der Waals surface area contributed by atoms with Gasteiger partial charge in [-0.1, -0.05) is 12.1 Å².